The van der Waals surface area contributed by atoms with Crippen molar-refractivity contribution >= 4 is 243 Å². The molecule has 2 aliphatic rings. The molecule has 2 saturated heterocycles. The predicted octanol–water partition coefficient (Wildman–Crippen LogP) is 12.0. The lowest BCUT2D eigenvalue weighted by Crippen LogP contribution is -2.43. The monoisotopic (exact) mass is 1770 g/mol. The Balaban J connectivity index is -0.00000134. The number of esters is 6. The molecule has 2 aliphatic heterocycles. The molecule has 94 heavy (non-hydrogen) atoms. The summed E-state index contributed by atoms with van der Waals surface area (Å²) in [7, 11) is 17.0. The minimum atomic E-state index is -1.35. The van der Waals surface area contributed by atoms with Gasteiger partial charge in [0.25, 0.3) is 23.6 Å². The van der Waals surface area contributed by atoms with Gasteiger partial charge in [0.1, 0.15) is 55.7 Å². The molecule has 1 aromatic heterocycles. The average molecular weight is 1770 g/mol. The van der Waals surface area contributed by atoms with Gasteiger partial charge < -0.3 is 38.1 Å². The van der Waals surface area contributed by atoms with Crippen molar-refractivity contribution in [2.75, 3.05) is 63.7 Å². The van der Waals surface area contributed by atoms with Gasteiger partial charge in [0, 0.05) is 54.9 Å². The van der Waals surface area contributed by atoms with E-state index in [-0.39, 0.29) is 93.7 Å². The third-order valence-corrected chi connectivity index (χ3v) is 19.3. The van der Waals surface area contributed by atoms with Gasteiger partial charge in [0.15, 0.2) is 0 Å². The average Bonchev–Trinajstić information content (AvgIpc) is 1.12. The molecule has 0 saturated carbocycles. The van der Waals surface area contributed by atoms with Gasteiger partial charge in [-0.15, -0.1) is 28.0 Å². The molecule has 0 N–H and O–H groups in total. The molecule has 38 heteroatoms. The number of carbonyl (C=O) groups is 12. The SMILES string of the molecule is CC(C)(CC(C)(Br)C(=O)ON1C(=O)CCC1=O)C(=O)OCCSSc1ccccn1.COC(=O)C(C)(Br)CC(C)(C)C(=O)OCCS.COC(=O)C(C)(Br)CC(C)(C)C(=O)OCCSSCCOC(=O)C(C)(C)CC(C)(Br)C(=O)ON1C(=O)CCC1=O.C[B]P.P.PPP. The smallest absolute Gasteiger partial charge is 0.349 e. The molecule has 3 rings (SSSR count). The number of nitrogens with zero attached hydrogens (tertiary/aromatic N) is 3. The Morgan fingerprint density at radius 3 is 1.04 bits per heavy atom. The van der Waals surface area contributed by atoms with Gasteiger partial charge in [0.05, 0.1) is 35.9 Å². The van der Waals surface area contributed by atoms with Gasteiger partial charge in [-0.2, -0.15) is 31.6 Å². The Hall–Kier alpha value is -0.925. The number of methoxy groups -OCH3 is 2. The van der Waals surface area contributed by atoms with Crippen LogP contribution in [0.15, 0.2) is 29.4 Å². The van der Waals surface area contributed by atoms with Gasteiger partial charge in [-0.25, -0.2) is 14.6 Å². The number of imide groups is 2. The van der Waals surface area contributed by atoms with Crippen LogP contribution in [0.2, 0.25) is 6.82 Å². The number of alkyl halides is 4. The van der Waals surface area contributed by atoms with E-state index in [1.165, 1.54) is 71.2 Å². The maximum absolute atomic E-state index is 12.7. The van der Waals surface area contributed by atoms with Crippen LogP contribution in [-0.4, -0.2) is 174 Å². The quantitative estimate of drug-likeness (QED) is 0.00806. The van der Waals surface area contributed by atoms with E-state index in [0.29, 0.717) is 33.1 Å². The summed E-state index contributed by atoms with van der Waals surface area (Å²) in [5.74, 6) is -4.56. The van der Waals surface area contributed by atoms with Crippen molar-refractivity contribution in [3.63, 3.8) is 0 Å². The lowest BCUT2D eigenvalue weighted by atomic mass is 9.83. The summed E-state index contributed by atoms with van der Waals surface area (Å²) in [6, 6.07) is 5.63. The first-order valence-corrected chi connectivity index (χ1v) is 42.2. The zero-order valence-corrected chi connectivity index (χ0v) is 72.1. The summed E-state index contributed by atoms with van der Waals surface area (Å²) in [5, 5.41) is 1.83. The molecule has 1 radical (unpaired) electrons. The molecule has 8 unspecified atom stereocenters. The second kappa shape index (κ2) is 47.3. The molecule has 0 bridgehead atoms. The summed E-state index contributed by atoms with van der Waals surface area (Å²) >= 11 is 17.1. The highest BCUT2D eigenvalue weighted by atomic mass is 79.9. The van der Waals surface area contributed by atoms with Gasteiger partial charge in [-0.1, -0.05) is 117 Å². The topological polar surface area (TPSA) is 298 Å². The van der Waals surface area contributed by atoms with Crippen molar-refractivity contribution in [3.8, 4) is 0 Å². The number of hydroxylamine groups is 4. The number of amides is 4. The number of carbonyl (C=O) groups excluding carboxylic acids is 12. The Morgan fingerprint density at radius 2 is 0.787 bits per heavy atom. The fourth-order valence-corrected chi connectivity index (χ4v) is 14.8. The van der Waals surface area contributed by atoms with Crippen LogP contribution in [0, 0.1) is 21.7 Å². The summed E-state index contributed by atoms with van der Waals surface area (Å²) < 4.78 is 26.0. The maximum atomic E-state index is 12.7. The second-order valence-electron chi connectivity index (χ2n) is 23.4. The molecule has 537 valence electrons. The third-order valence-electron chi connectivity index (χ3n) is 12.1. The van der Waals surface area contributed by atoms with Crippen molar-refractivity contribution in [1.82, 2.24) is 15.1 Å². The summed E-state index contributed by atoms with van der Waals surface area (Å²) in [5.41, 5.74) is -3.76. The van der Waals surface area contributed by atoms with Crippen LogP contribution in [-0.2, 0) is 95.6 Å². The molecule has 3 heterocycles. The van der Waals surface area contributed by atoms with Crippen molar-refractivity contribution in [1.29, 1.82) is 0 Å². The molecule has 0 spiro atoms. The molecule has 8 atom stereocenters. The van der Waals surface area contributed by atoms with E-state index in [4.69, 9.17) is 33.4 Å². The number of rotatable bonds is 32. The zero-order valence-electron chi connectivity index (χ0n) is 55.7. The van der Waals surface area contributed by atoms with Crippen LogP contribution in [0.5, 0.6) is 0 Å². The largest absolute Gasteiger partial charge is 0.468 e. The number of hydrogen-bond donors (Lipinski definition) is 1. The minimum absolute atomic E-state index is 0. The number of pyridine rings is 1. The van der Waals surface area contributed by atoms with Crippen molar-refractivity contribution in [2.45, 2.75) is 164 Å². The number of hydrogen-bond acceptors (Lipinski definition) is 26. The Bertz CT molecular complexity index is 2630. The number of aromatic nitrogens is 1. The highest BCUT2D eigenvalue weighted by molar-refractivity contribution is 9.10. The Kier molecular flexibility index (Phi) is 48.9. The molecule has 0 aliphatic carbocycles. The Morgan fingerprint density at radius 1 is 0.521 bits per heavy atom. The summed E-state index contributed by atoms with van der Waals surface area (Å²) in [6.07, 6.45) is 2.23. The standard InChI is InChI=1S/C25H37Br2NO10S2.C19H23BrN2O6S2.C11H19BrO4S.CH5BP.H5P3.H3P/c1-22(2,14-24(5,26)20(33)35-7)18(31)36-10-12-39-40-13-11-37-19(32)23(3,4)15-25(6,27)21(34)38-28-16(29)8-9-17(28)30;1-18(2,16(25)27-10-11-29-30-13-6-4-5-9-21-13)12-19(3,20)17(26)28-22-14(23)7-8-15(22)24;1-10(2,8(13)16-5-6-17)7-11(3,12)9(14)15-4;1-2-3;1-3-2;/h8-15H2,1-7H3;4-6,9H,7-8,10-12H2,1-3H3;17H,5-7H2,1-4H3;3H2,1H3;3H,1-2H2;1H3. The van der Waals surface area contributed by atoms with Gasteiger partial charge in [-0.3, -0.25) is 47.9 Å². The number of thiol groups is 1. The first-order chi connectivity index (χ1) is 42.8. The zero-order chi connectivity index (χ0) is 72.4. The minimum Gasteiger partial charge on any atom is -0.468 e. The van der Waals surface area contributed by atoms with Crippen molar-refractivity contribution in [2.24, 2.45) is 21.7 Å². The molecule has 2 fully saturated rings. The van der Waals surface area contributed by atoms with Crippen LogP contribution in [0.25, 0.3) is 0 Å². The maximum Gasteiger partial charge on any atom is 0.349 e. The summed E-state index contributed by atoms with van der Waals surface area (Å²) in [6.45, 7) is 24.4. The van der Waals surface area contributed by atoms with Crippen molar-refractivity contribution in [3.05, 3.63) is 24.4 Å². The normalized spacial score (nSPS) is 15.5. The fourth-order valence-electron chi connectivity index (χ4n) is 8.04. The Labute approximate surface area is 621 Å². The molecule has 4 amide bonds. The van der Waals surface area contributed by atoms with Gasteiger partial charge in [-0.05, 0) is 132 Å². The van der Waals surface area contributed by atoms with E-state index in [2.05, 4.69) is 113 Å². The fraction of sp³-hybridized carbons (Fsp3) is 0.696. The highest BCUT2D eigenvalue weighted by Crippen LogP contribution is 2.40. The van der Waals surface area contributed by atoms with E-state index in [9.17, 15) is 57.5 Å². The first-order valence-electron chi connectivity index (χ1n) is 28.3. The molecule has 0 aromatic carbocycles. The van der Waals surface area contributed by atoms with Gasteiger partial charge >= 0.3 is 47.8 Å². The first kappa shape index (κ1) is 97.3. The van der Waals surface area contributed by atoms with Crippen LogP contribution in [0.3, 0.4) is 0 Å². The van der Waals surface area contributed by atoms with Crippen LogP contribution < -0.4 is 0 Å². The van der Waals surface area contributed by atoms with E-state index in [0.717, 1.165) is 13.0 Å². The van der Waals surface area contributed by atoms with Gasteiger partial charge in [0.2, 0.25) is 0 Å². The van der Waals surface area contributed by atoms with Crippen LogP contribution in [0.1, 0.15) is 134 Å². The van der Waals surface area contributed by atoms with E-state index >= 15 is 0 Å². The molecular formula is C56H92BBr4N3O20P5S5. The van der Waals surface area contributed by atoms with E-state index in [1.807, 2.05) is 32.0 Å². The summed E-state index contributed by atoms with van der Waals surface area (Å²) in [4.78, 5) is 159. The lowest BCUT2D eigenvalue weighted by molar-refractivity contribution is -0.199. The lowest BCUT2D eigenvalue weighted by Gasteiger charge is -2.30. The van der Waals surface area contributed by atoms with Crippen molar-refractivity contribution < 1.29 is 95.6 Å². The van der Waals surface area contributed by atoms with Crippen LogP contribution in [0.4, 0.5) is 0 Å². The number of ether oxygens (including phenoxy) is 6. The predicted molar refractivity (Wildman–Crippen MR) is 407 cm³/mol. The number of halogens is 4. The van der Waals surface area contributed by atoms with E-state index < -0.39 is 104 Å². The second-order valence-corrected chi connectivity index (χ2v) is 41.0. The van der Waals surface area contributed by atoms with Crippen LogP contribution >= 0.6 is 164 Å². The molecule has 23 nitrogen and oxygen atoms in total. The van der Waals surface area contributed by atoms with E-state index in [1.54, 1.807) is 75.4 Å². The molecular weight excluding hydrogens is 1680 g/mol. The third kappa shape index (κ3) is 37.7. The molecule has 1 aromatic rings. The highest BCUT2D eigenvalue weighted by Gasteiger charge is 2.48.